The number of anilines is 1. The van der Waals surface area contributed by atoms with E-state index in [4.69, 9.17) is 4.42 Å². The van der Waals surface area contributed by atoms with E-state index in [9.17, 15) is 4.79 Å². The molecule has 0 bridgehead atoms. The summed E-state index contributed by atoms with van der Waals surface area (Å²) < 4.78 is 5.54. The highest BCUT2D eigenvalue weighted by Crippen LogP contribution is 2.28. The molecule has 25 heavy (non-hydrogen) atoms. The number of hydrogen-bond donors (Lipinski definition) is 0. The van der Waals surface area contributed by atoms with E-state index in [2.05, 4.69) is 46.2 Å². The van der Waals surface area contributed by atoms with Crippen LogP contribution in [0.15, 0.2) is 63.8 Å². The average Bonchev–Trinajstić information content (AvgIpc) is 2.63. The molecule has 0 aliphatic carbocycles. The summed E-state index contributed by atoms with van der Waals surface area (Å²) in [5, 5.41) is 1.02. The molecule has 1 saturated heterocycles. The fourth-order valence-corrected chi connectivity index (χ4v) is 3.56. The molecule has 0 N–H and O–H groups in total. The third-order valence-corrected chi connectivity index (χ3v) is 4.92. The van der Waals surface area contributed by atoms with E-state index in [0.29, 0.717) is 5.58 Å². The first-order chi connectivity index (χ1) is 12.2. The van der Waals surface area contributed by atoms with Crippen molar-refractivity contribution in [2.24, 2.45) is 0 Å². The largest absolute Gasteiger partial charge is 0.420 e. The van der Waals surface area contributed by atoms with Crippen LogP contribution in [0.25, 0.3) is 11.0 Å². The van der Waals surface area contributed by atoms with Gasteiger partial charge in [-0.1, -0.05) is 42.5 Å². The van der Waals surface area contributed by atoms with Crippen molar-refractivity contribution in [3.05, 3.63) is 76.1 Å². The van der Waals surface area contributed by atoms with Crippen LogP contribution in [0.5, 0.6) is 0 Å². The van der Waals surface area contributed by atoms with Gasteiger partial charge in [0.05, 0.1) is 5.69 Å². The zero-order chi connectivity index (χ0) is 17.2. The topological polar surface area (TPSA) is 36.7 Å². The molecule has 4 nitrogen and oxygen atoms in total. The van der Waals surface area contributed by atoms with E-state index in [1.807, 2.05) is 19.1 Å². The number of aryl methyl sites for hydroxylation is 1. The molecule has 4 heteroatoms. The van der Waals surface area contributed by atoms with Crippen molar-refractivity contribution in [3.63, 3.8) is 0 Å². The first-order valence-corrected chi connectivity index (χ1v) is 8.75. The third kappa shape index (κ3) is 3.30. The number of nitrogens with zero attached hydrogens (tertiary/aromatic N) is 2. The highest BCUT2D eigenvalue weighted by molar-refractivity contribution is 5.91. The van der Waals surface area contributed by atoms with Gasteiger partial charge in [-0.3, -0.25) is 4.90 Å². The molecular formula is C21H22N2O2. The number of fused-ring (bicyclic) bond motifs is 1. The number of hydrogen-bond acceptors (Lipinski definition) is 4. The molecule has 128 valence electrons. The van der Waals surface area contributed by atoms with E-state index in [1.54, 1.807) is 6.07 Å². The lowest BCUT2D eigenvalue weighted by atomic mass is 10.1. The summed E-state index contributed by atoms with van der Waals surface area (Å²) in [5.74, 6) is 0. The Bertz CT molecular complexity index is 926. The molecule has 1 aliphatic rings. The molecular weight excluding hydrogens is 312 g/mol. The SMILES string of the molecule is Cc1cc(=O)oc2c(N3CCN(Cc4ccccc4)CC3)cccc12. The maximum Gasteiger partial charge on any atom is 0.336 e. The molecule has 2 aromatic carbocycles. The summed E-state index contributed by atoms with van der Waals surface area (Å²) >= 11 is 0. The molecule has 1 fully saturated rings. The molecule has 0 spiro atoms. The Kier molecular flexibility index (Phi) is 4.28. The van der Waals surface area contributed by atoms with Crippen LogP contribution in [0.2, 0.25) is 0 Å². The van der Waals surface area contributed by atoms with E-state index in [0.717, 1.165) is 49.4 Å². The standard InChI is InChI=1S/C21H22N2O2/c1-16-14-20(24)25-21-18(16)8-5-9-19(21)23-12-10-22(11-13-23)15-17-6-3-2-4-7-17/h2-9,14H,10-13,15H2,1H3. The lowest BCUT2D eigenvalue weighted by molar-refractivity contribution is 0.250. The van der Waals surface area contributed by atoms with Crippen LogP contribution in [0.3, 0.4) is 0 Å². The van der Waals surface area contributed by atoms with Crippen LogP contribution in [0.1, 0.15) is 11.1 Å². The minimum Gasteiger partial charge on any atom is -0.420 e. The Labute approximate surface area is 147 Å². The molecule has 0 unspecified atom stereocenters. The Hall–Kier alpha value is -2.59. The van der Waals surface area contributed by atoms with Gasteiger partial charge in [-0.2, -0.15) is 0 Å². The van der Waals surface area contributed by atoms with E-state index in [1.165, 1.54) is 5.56 Å². The maximum atomic E-state index is 11.8. The van der Waals surface area contributed by atoms with Crippen LogP contribution in [-0.4, -0.2) is 31.1 Å². The van der Waals surface area contributed by atoms with Crippen molar-refractivity contribution in [2.75, 3.05) is 31.1 Å². The molecule has 1 aliphatic heterocycles. The van der Waals surface area contributed by atoms with Crippen molar-refractivity contribution in [3.8, 4) is 0 Å². The summed E-state index contributed by atoms with van der Waals surface area (Å²) in [4.78, 5) is 16.6. The zero-order valence-corrected chi connectivity index (χ0v) is 14.4. The van der Waals surface area contributed by atoms with Crippen molar-refractivity contribution < 1.29 is 4.42 Å². The fraction of sp³-hybridized carbons (Fsp3) is 0.286. The smallest absolute Gasteiger partial charge is 0.336 e. The molecule has 0 radical (unpaired) electrons. The molecule has 3 aromatic rings. The summed E-state index contributed by atoms with van der Waals surface area (Å²) in [7, 11) is 0. The summed E-state index contributed by atoms with van der Waals surface area (Å²) in [6.07, 6.45) is 0. The van der Waals surface area contributed by atoms with Gasteiger partial charge in [0, 0.05) is 44.2 Å². The second-order valence-corrected chi connectivity index (χ2v) is 6.65. The molecule has 4 rings (SSSR count). The second-order valence-electron chi connectivity index (χ2n) is 6.65. The zero-order valence-electron chi connectivity index (χ0n) is 14.4. The molecule has 0 amide bonds. The Morgan fingerprint density at radius 1 is 0.960 bits per heavy atom. The Morgan fingerprint density at radius 3 is 2.48 bits per heavy atom. The number of rotatable bonds is 3. The number of para-hydroxylation sites is 1. The van der Waals surface area contributed by atoms with Gasteiger partial charge in [0.2, 0.25) is 0 Å². The van der Waals surface area contributed by atoms with Crippen molar-refractivity contribution in [1.29, 1.82) is 0 Å². The minimum atomic E-state index is -0.278. The van der Waals surface area contributed by atoms with E-state index < -0.39 is 0 Å². The van der Waals surface area contributed by atoms with Crippen molar-refractivity contribution in [2.45, 2.75) is 13.5 Å². The summed E-state index contributed by atoms with van der Waals surface area (Å²) in [6.45, 7) is 6.81. The molecule has 0 atom stereocenters. The fourth-order valence-electron chi connectivity index (χ4n) is 3.56. The van der Waals surface area contributed by atoms with Gasteiger partial charge in [-0.25, -0.2) is 4.79 Å². The van der Waals surface area contributed by atoms with Crippen molar-refractivity contribution in [1.82, 2.24) is 4.90 Å². The van der Waals surface area contributed by atoms with Crippen molar-refractivity contribution >= 4 is 16.7 Å². The second kappa shape index (κ2) is 6.73. The monoisotopic (exact) mass is 334 g/mol. The summed E-state index contributed by atoms with van der Waals surface area (Å²) in [6, 6.07) is 18.3. The lowest BCUT2D eigenvalue weighted by Gasteiger charge is -2.36. The first-order valence-electron chi connectivity index (χ1n) is 8.75. The van der Waals surface area contributed by atoms with Gasteiger partial charge in [-0.15, -0.1) is 0 Å². The quantitative estimate of drug-likeness (QED) is 0.688. The maximum absolute atomic E-state index is 11.8. The third-order valence-electron chi connectivity index (χ3n) is 4.92. The van der Waals surface area contributed by atoms with Crippen LogP contribution < -0.4 is 10.5 Å². The Morgan fingerprint density at radius 2 is 1.72 bits per heavy atom. The first kappa shape index (κ1) is 15.9. The molecule has 2 heterocycles. The number of piperazine rings is 1. The van der Waals surface area contributed by atoms with E-state index >= 15 is 0 Å². The lowest BCUT2D eigenvalue weighted by Crippen LogP contribution is -2.46. The van der Waals surface area contributed by atoms with E-state index in [-0.39, 0.29) is 5.63 Å². The van der Waals surface area contributed by atoms with Crippen LogP contribution in [-0.2, 0) is 6.54 Å². The van der Waals surface area contributed by atoms with Gasteiger partial charge < -0.3 is 9.32 Å². The molecule has 1 aromatic heterocycles. The van der Waals surface area contributed by atoms with Gasteiger partial charge in [-0.05, 0) is 24.1 Å². The normalized spacial score (nSPS) is 15.6. The average molecular weight is 334 g/mol. The molecule has 0 saturated carbocycles. The minimum absolute atomic E-state index is 0.278. The Balaban J connectivity index is 1.53. The predicted molar refractivity (Wildman–Crippen MR) is 101 cm³/mol. The van der Waals surface area contributed by atoms with Crippen LogP contribution >= 0.6 is 0 Å². The van der Waals surface area contributed by atoms with Gasteiger partial charge >= 0.3 is 5.63 Å². The van der Waals surface area contributed by atoms with Gasteiger partial charge in [0.1, 0.15) is 0 Å². The number of benzene rings is 2. The van der Waals surface area contributed by atoms with Crippen LogP contribution in [0.4, 0.5) is 5.69 Å². The highest BCUT2D eigenvalue weighted by Gasteiger charge is 2.20. The summed E-state index contributed by atoms with van der Waals surface area (Å²) in [5.41, 5.74) is 3.78. The van der Waals surface area contributed by atoms with Gasteiger partial charge in [0.25, 0.3) is 0 Å². The highest BCUT2D eigenvalue weighted by atomic mass is 16.4. The van der Waals surface area contributed by atoms with Crippen LogP contribution in [0, 0.1) is 6.92 Å². The predicted octanol–water partition coefficient (Wildman–Crippen LogP) is 3.42. The van der Waals surface area contributed by atoms with Gasteiger partial charge in [0.15, 0.2) is 5.58 Å².